The third kappa shape index (κ3) is 2.96. The Kier molecular flexibility index (Phi) is 4.47. The Morgan fingerprint density at radius 1 is 1.56 bits per heavy atom. The fourth-order valence-corrected chi connectivity index (χ4v) is 3.40. The van der Waals surface area contributed by atoms with Crippen molar-refractivity contribution in [2.75, 3.05) is 17.3 Å². The predicted molar refractivity (Wildman–Crippen MR) is 79.7 cm³/mol. The van der Waals surface area contributed by atoms with Crippen molar-refractivity contribution >= 4 is 50.0 Å². The van der Waals surface area contributed by atoms with Gasteiger partial charge in [-0.1, -0.05) is 15.9 Å². The van der Waals surface area contributed by atoms with Gasteiger partial charge in [-0.3, -0.25) is 0 Å². The van der Waals surface area contributed by atoms with Gasteiger partial charge in [-0.25, -0.2) is 4.39 Å². The summed E-state index contributed by atoms with van der Waals surface area (Å²) in [5.41, 5.74) is 6.33. The van der Waals surface area contributed by atoms with Gasteiger partial charge in [0.15, 0.2) is 5.82 Å². The van der Waals surface area contributed by atoms with Gasteiger partial charge in [-0.15, -0.1) is 11.8 Å². The van der Waals surface area contributed by atoms with E-state index in [1.54, 1.807) is 12.1 Å². The Bertz CT molecular complexity index is 559. The number of hydrogen-bond acceptors (Lipinski definition) is 5. The van der Waals surface area contributed by atoms with Crippen molar-refractivity contribution in [2.45, 2.75) is 11.4 Å². The van der Waals surface area contributed by atoms with Crippen molar-refractivity contribution < 1.29 is 4.39 Å². The number of nitrogens with one attached hydrogen (secondary N) is 1. The molecule has 3 N–H and O–H groups in total. The van der Waals surface area contributed by atoms with Crippen molar-refractivity contribution in [3.8, 4) is 0 Å². The normalized spacial score (nSPS) is 10.6. The fourth-order valence-electron chi connectivity index (χ4n) is 1.46. The summed E-state index contributed by atoms with van der Waals surface area (Å²) in [6.07, 6.45) is 1.94. The van der Waals surface area contributed by atoms with Crippen LogP contribution in [0.2, 0.25) is 0 Å². The zero-order chi connectivity index (χ0) is 13.1. The van der Waals surface area contributed by atoms with E-state index < -0.39 is 0 Å². The molecule has 0 radical (unpaired) electrons. The van der Waals surface area contributed by atoms with Gasteiger partial charge in [0.05, 0.1) is 4.90 Å². The van der Waals surface area contributed by atoms with Gasteiger partial charge >= 0.3 is 0 Å². The lowest BCUT2D eigenvalue weighted by molar-refractivity contribution is 0.612. The molecular weight excluding hydrogens is 337 g/mol. The van der Waals surface area contributed by atoms with E-state index >= 15 is 0 Å². The Balaban J connectivity index is 2.13. The number of aromatic nitrogens is 1. The first-order chi connectivity index (χ1) is 8.61. The van der Waals surface area contributed by atoms with Gasteiger partial charge in [0, 0.05) is 16.6 Å². The maximum absolute atomic E-state index is 13.6. The summed E-state index contributed by atoms with van der Waals surface area (Å²) in [5.74, 6) is 0.290. The van der Waals surface area contributed by atoms with Crippen LogP contribution in [0.5, 0.6) is 0 Å². The number of thioether (sulfide) groups is 1. The molecule has 0 aliphatic heterocycles. The highest BCUT2D eigenvalue weighted by Gasteiger charge is 2.11. The highest BCUT2D eigenvalue weighted by Crippen LogP contribution is 2.34. The van der Waals surface area contributed by atoms with E-state index in [2.05, 4.69) is 25.6 Å². The van der Waals surface area contributed by atoms with Crippen LogP contribution >= 0.6 is 39.2 Å². The van der Waals surface area contributed by atoms with E-state index in [4.69, 9.17) is 5.73 Å². The molecule has 0 fully saturated rings. The first kappa shape index (κ1) is 13.6. The molecule has 1 aromatic carbocycles. The van der Waals surface area contributed by atoms with E-state index in [1.807, 2.05) is 6.26 Å². The highest BCUT2D eigenvalue weighted by atomic mass is 79.9. The fraction of sp³-hybridized carbons (Fsp3) is 0.182. The summed E-state index contributed by atoms with van der Waals surface area (Å²) in [6.45, 7) is 0.403. The molecule has 0 saturated heterocycles. The molecule has 0 spiro atoms. The van der Waals surface area contributed by atoms with Crippen molar-refractivity contribution in [1.82, 2.24) is 4.37 Å². The summed E-state index contributed by atoms with van der Waals surface area (Å²) in [6, 6.07) is 4.87. The second kappa shape index (κ2) is 5.90. The molecule has 18 heavy (non-hydrogen) atoms. The van der Waals surface area contributed by atoms with Crippen LogP contribution in [0, 0.1) is 5.82 Å². The molecule has 96 valence electrons. The molecule has 0 atom stereocenters. The van der Waals surface area contributed by atoms with Crippen molar-refractivity contribution in [2.24, 2.45) is 0 Å². The van der Waals surface area contributed by atoms with Gasteiger partial charge in [0.25, 0.3) is 0 Å². The molecule has 1 heterocycles. The number of benzene rings is 1. The molecule has 2 rings (SSSR count). The molecule has 2 aromatic rings. The predicted octanol–water partition coefficient (Wildman–Crippen LogP) is 3.96. The topological polar surface area (TPSA) is 50.9 Å². The van der Waals surface area contributed by atoms with Crippen LogP contribution < -0.4 is 11.1 Å². The second-order valence-electron chi connectivity index (χ2n) is 3.52. The second-order valence-corrected chi connectivity index (χ2v) is 6.03. The zero-order valence-electron chi connectivity index (χ0n) is 9.54. The third-order valence-electron chi connectivity index (χ3n) is 2.33. The number of nitrogens with two attached hydrogens (primary N) is 1. The van der Waals surface area contributed by atoms with Crippen LogP contribution in [0.15, 0.2) is 27.6 Å². The number of rotatable bonds is 4. The summed E-state index contributed by atoms with van der Waals surface area (Å²) < 4.78 is 18.5. The number of halogens is 2. The minimum atomic E-state index is -0.228. The van der Waals surface area contributed by atoms with Crippen LogP contribution in [0.4, 0.5) is 15.2 Å². The molecule has 0 unspecified atom stereocenters. The standard InChI is InChI=1S/C11H11BrFN3S2/c1-17-9-10(14)16-18-11(9)15-5-6-4-7(12)2-3-8(6)13/h2-4,15H,5H2,1H3,(H2,14,16). The summed E-state index contributed by atoms with van der Waals surface area (Å²) in [7, 11) is 0. The van der Waals surface area contributed by atoms with Crippen LogP contribution in [-0.4, -0.2) is 10.6 Å². The minimum Gasteiger partial charge on any atom is -0.382 e. The van der Waals surface area contributed by atoms with Crippen molar-refractivity contribution in [1.29, 1.82) is 0 Å². The molecule has 1 aromatic heterocycles. The number of hydrogen-bond donors (Lipinski definition) is 2. The Labute approximate surface area is 121 Å². The molecule has 3 nitrogen and oxygen atoms in total. The molecule has 0 aliphatic carbocycles. The van der Waals surface area contributed by atoms with E-state index in [0.29, 0.717) is 17.9 Å². The number of nitrogen functional groups attached to an aromatic ring is 1. The zero-order valence-corrected chi connectivity index (χ0v) is 12.8. The van der Waals surface area contributed by atoms with Crippen molar-refractivity contribution in [3.63, 3.8) is 0 Å². The van der Waals surface area contributed by atoms with Gasteiger partial charge in [-0.2, -0.15) is 4.37 Å². The average molecular weight is 348 g/mol. The molecule has 0 aliphatic rings. The largest absolute Gasteiger partial charge is 0.382 e. The lowest BCUT2D eigenvalue weighted by Gasteiger charge is -2.07. The molecular formula is C11H11BrFN3S2. The summed E-state index contributed by atoms with van der Waals surface area (Å²) in [4.78, 5) is 0.912. The molecule has 0 bridgehead atoms. The average Bonchev–Trinajstić information content (AvgIpc) is 2.71. The molecule has 0 saturated carbocycles. The minimum absolute atomic E-state index is 0.228. The van der Waals surface area contributed by atoms with Gasteiger partial charge in [-0.05, 0) is 36.0 Å². The Morgan fingerprint density at radius 3 is 3.06 bits per heavy atom. The lowest BCUT2D eigenvalue weighted by Crippen LogP contribution is -2.01. The first-order valence-electron chi connectivity index (χ1n) is 5.08. The van der Waals surface area contributed by atoms with E-state index in [9.17, 15) is 4.39 Å². The van der Waals surface area contributed by atoms with Gasteiger partial charge in [0.2, 0.25) is 0 Å². The first-order valence-corrected chi connectivity index (χ1v) is 7.88. The van der Waals surface area contributed by atoms with Crippen LogP contribution in [0.25, 0.3) is 0 Å². The smallest absolute Gasteiger partial charge is 0.153 e. The number of anilines is 2. The van der Waals surface area contributed by atoms with E-state index in [1.165, 1.54) is 29.4 Å². The maximum Gasteiger partial charge on any atom is 0.153 e. The molecule has 7 heteroatoms. The Hall–Kier alpha value is -0.790. The molecule has 0 amide bonds. The van der Waals surface area contributed by atoms with Gasteiger partial charge in [0.1, 0.15) is 10.8 Å². The SMILES string of the molecule is CSc1c(N)nsc1NCc1cc(Br)ccc1F. The lowest BCUT2D eigenvalue weighted by atomic mass is 10.2. The number of nitrogens with zero attached hydrogens (tertiary/aromatic N) is 1. The van der Waals surface area contributed by atoms with E-state index in [0.717, 1.165) is 14.4 Å². The third-order valence-corrected chi connectivity index (χ3v) is 4.59. The Morgan fingerprint density at radius 2 is 2.33 bits per heavy atom. The maximum atomic E-state index is 13.6. The van der Waals surface area contributed by atoms with Crippen LogP contribution in [0.1, 0.15) is 5.56 Å². The monoisotopic (exact) mass is 347 g/mol. The summed E-state index contributed by atoms with van der Waals surface area (Å²) >= 11 is 6.14. The highest BCUT2D eigenvalue weighted by molar-refractivity contribution is 9.10. The van der Waals surface area contributed by atoms with Crippen LogP contribution in [0.3, 0.4) is 0 Å². The van der Waals surface area contributed by atoms with Crippen LogP contribution in [-0.2, 0) is 6.54 Å². The van der Waals surface area contributed by atoms with Gasteiger partial charge < -0.3 is 11.1 Å². The van der Waals surface area contributed by atoms with Crippen molar-refractivity contribution in [3.05, 3.63) is 34.1 Å². The summed E-state index contributed by atoms with van der Waals surface area (Å²) in [5, 5.41) is 4.04. The quantitative estimate of drug-likeness (QED) is 0.822. The van der Waals surface area contributed by atoms with E-state index in [-0.39, 0.29) is 5.82 Å².